The van der Waals surface area contributed by atoms with Gasteiger partial charge in [-0.25, -0.2) is 0 Å². The van der Waals surface area contributed by atoms with Crippen molar-refractivity contribution >= 4 is 23.2 Å². The smallest absolute Gasteiger partial charge is 0.263 e. The van der Waals surface area contributed by atoms with Gasteiger partial charge in [-0.1, -0.05) is 29.8 Å². The van der Waals surface area contributed by atoms with E-state index in [1.54, 1.807) is 24.3 Å². The molecule has 18 heavy (non-hydrogen) atoms. The molecule has 0 heterocycles. The van der Waals surface area contributed by atoms with Gasteiger partial charge >= 0.3 is 0 Å². The maximum Gasteiger partial charge on any atom is 0.263 e. The van der Waals surface area contributed by atoms with Crippen molar-refractivity contribution in [1.82, 2.24) is 0 Å². The molecule has 2 rings (SSSR count). The summed E-state index contributed by atoms with van der Waals surface area (Å²) < 4.78 is 0. The predicted octanol–water partition coefficient (Wildman–Crippen LogP) is 3.00. The van der Waals surface area contributed by atoms with Crippen molar-refractivity contribution < 1.29 is 15.0 Å². The van der Waals surface area contributed by atoms with Crippen LogP contribution in [-0.4, -0.2) is 16.1 Å². The van der Waals surface area contributed by atoms with Crippen molar-refractivity contribution in [3.05, 3.63) is 53.1 Å². The number of benzene rings is 2. The van der Waals surface area contributed by atoms with Crippen molar-refractivity contribution in [2.24, 2.45) is 0 Å². The lowest BCUT2D eigenvalue weighted by Gasteiger charge is -2.09. The van der Waals surface area contributed by atoms with E-state index in [4.69, 9.17) is 11.6 Å². The van der Waals surface area contributed by atoms with Gasteiger partial charge in [-0.05, 0) is 24.3 Å². The van der Waals surface area contributed by atoms with Gasteiger partial charge in [0.05, 0.1) is 10.7 Å². The van der Waals surface area contributed by atoms with E-state index in [-0.39, 0.29) is 17.1 Å². The van der Waals surface area contributed by atoms with Gasteiger partial charge in [-0.2, -0.15) is 0 Å². The highest BCUT2D eigenvalue weighted by Gasteiger charge is 2.16. The summed E-state index contributed by atoms with van der Waals surface area (Å²) in [4.78, 5) is 11.9. The van der Waals surface area contributed by atoms with Crippen LogP contribution in [0.1, 0.15) is 10.4 Å². The first-order valence-electron chi connectivity index (χ1n) is 5.16. The Morgan fingerprint density at radius 1 is 1.00 bits per heavy atom. The summed E-state index contributed by atoms with van der Waals surface area (Å²) in [7, 11) is 0. The highest BCUT2D eigenvalue weighted by Crippen LogP contribution is 2.28. The summed E-state index contributed by atoms with van der Waals surface area (Å²) in [5.74, 6) is -1.21. The van der Waals surface area contributed by atoms with Crippen molar-refractivity contribution in [2.75, 3.05) is 5.32 Å². The lowest BCUT2D eigenvalue weighted by molar-refractivity contribution is 0.102. The van der Waals surface area contributed by atoms with E-state index in [9.17, 15) is 15.0 Å². The summed E-state index contributed by atoms with van der Waals surface area (Å²) in [6, 6.07) is 10.8. The second-order valence-electron chi connectivity index (χ2n) is 3.61. The maximum absolute atomic E-state index is 11.9. The molecule has 0 aromatic heterocycles. The Labute approximate surface area is 108 Å². The van der Waals surface area contributed by atoms with Crippen molar-refractivity contribution in [3.63, 3.8) is 0 Å². The zero-order chi connectivity index (χ0) is 13.1. The van der Waals surface area contributed by atoms with Crippen LogP contribution in [-0.2, 0) is 0 Å². The molecule has 0 aliphatic rings. The van der Waals surface area contributed by atoms with Crippen LogP contribution >= 0.6 is 11.6 Å². The summed E-state index contributed by atoms with van der Waals surface area (Å²) in [5.41, 5.74) is 0.226. The number of phenolic OH excluding ortho intramolecular Hbond substituents is 2. The number of rotatable bonds is 2. The van der Waals surface area contributed by atoms with Gasteiger partial charge in [0.25, 0.3) is 5.91 Å². The van der Waals surface area contributed by atoms with Crippen LogP contribution in [0.2, 0.25) is 5.02 Å². The van der Waals surface area contributed by atoms with Crippen LogP contribution in [0.3, 0.4) is 0 Å². The number of para-hydroxylation sites is 1. The number of hydrogen-bond donors (Lipinski definition) is 3. The van der Waals surface area contributed by atoms with Gasteiger partial charge in [-0.15, -0.1) is 0 Å². The summed E-state index contributed by atoms with van der Waals surface area (Å²) in [6.45, 7) is 0. The number of amides is 1. The lowest BCUT2D eigenvalue weighted by Crippen LogP contribution is -2.12. The molecule has 92 valence electrons. The topological polar surface area (TPSA) is 69.6 Å². The molecule has 1 amide bonds. The minimum absolute atomic E-state index is 0.183. The van der Waals surface area contributed by atoms with Crippen molar-refractivity contribution in [2.45, 2.75) is 0 Å². The first-order chi connectivity index (χ1) is 8.59. The second-order valence-corrected chi connectivity index (χ2v) is 4.01. The van der Waals surface area contributed by atoms with Crippen LogP contribution in [0.5, 0.6) is 11.5 Å². The molecule has 0 aliphatic heterocycles. The summed E-state index contributed by atoms with van der Waals surface area (Å²) in [5, 5.41) is 22.0. The van der Waals surface area contributed by atoms with Crippen molar-refractivity contribution in [1.29, 1.82) is 0 Å². The van der Waals surface area contributed by atoms with E-state index in [0.29, 0.717) is 10.7 Å². The first kappa shape index (κ1) is 12.3. The number of phenols is 2. The third kappa shape index (κ3) is 2.38. The van der Waals surface area contributed by atoms with E-state index in [0.717, 1.165) is 0 Å². The first-order valence-corrected chi connectivity index (χ1v) is 5.54. The van der Waals surface area contributed by atoms with E-state index in [1.165, 1.54) is 18.2 Å². The number of aromatic hydroxyl groups is 2. The van der Waals surface area contributed by atoms with Gasteiger partial charge in [0.2, 0.25) is 0 Å². The van der Waals surface area contributed by atoms with Crippen LogP contribution in [0.15, 0.2) is 42.5 Å². The highest BCUT2D eigenvalue weighted by molar-refractivity contribution is 6.34. The minimum Gasteiger partial charge on any atom is -0.507 e. The molecule has 0 saturated heterocycles. The van der Waals surface area contributed by atoms with Crippen LogP contribution in [0.4, 0.5) is 5.69 Å². The number of nitrogens with one attached hydrogen (secondary N) is 1. The molecule has 3 N–H and O–H groups in total. The number of halogens is 1. The minimum atomic E-state index is -0.626. The second kappa shape index (κ2) is 4.98. The Hall–Kier alpha value is -2.20. The van der Waals surface area contributed by atoms with Gasteiger partial charge in [-0.3, -0.25) is 4.79 Å². The maximum atomic E-state index is 11.9. The fourth-order valence-electron chi connectivity index (χ4n) is 1.51. The molecule has 0 atom stereocenters. The monoisotopic (exact) mass is 263 g/mol. The number of carbonyl (C=O) groups is 1. The van der Waals surface area contributed by atoms with E-state index in [2.05, 4.69) is 5.32 Å². The predicted molar refractivity (Wildman–Crippen MR) is 69.2 cm³/mol. The Morgan fingerprint density at radius 3 is 2.22 bits per heavy atom. The van der Waals surface area contributed by atoms with Crippen LogP contribution < -0.4 is 5.32 Å². The molecule has 0 bridgehead atoms. The van der Waals surface area contributed by atoms with Gasteiger partial charge < -0.3 is 15.5 Å². The molecule has 2 aromatic rings. The number of carbonyl (C=O) groups excluding carboxylic acids is 1. The third-order valence-corrected chi connectivity index (χ3v) is 2.70. The molecule has 0 saturated carbocycles. The summed E-state index contributed by atoms with van der Waals surface area (Å²) in [6.07, 6.45) is 0. The molecule has 0 spiro atoms. The van der Waals surface area contributed by atoms with Crippen LogP contribution in [0, 0.1) is 0 Å². The largest absolute Gasteiger partial charge is 0.507 e. The molecule has 0 fully saturated rings. The average Bonchev–Trinajstić information content (AvgIpc) is 2.32. The molecular formula is C13H10ClNO3. The highest BCUT2D eigenvalue weighted by atomic mass is 35.5. The fraction of sp³-hybridized carbons (Fsp3) is 0. The number of anilines is 1. The van der Waals surface area contributed by atoms with Gasteiger partial charge in [0.15, 0.2) is 0 Å². The molecule has 0 radical (unpaired) electrons. The standard InChI is InChI=1S/C13H10ClNO3/c14-8-4-1-2-5-9(8)15-13(18)12-10(16)6-3-7-11(12)17/h1-7,16-17H,(H,15,18). The van der Waals surface area contributed by atoms with Crippen LogP contribution in [0.25, 0.3) is 0 Å². The molecule has 5 heteroatoms. The lowest BCUT2D eigenvalue weighted by atomic mass is 10.1. The van der Waals surface area contributed by atoms with Crippen molar-refractivity contribution in [3.8, 4) is 11.5 Å². The average molecular weight is 264 g/mol. The zero-order valence-corrected chi connectivity index (χ0v) is 9.98. The zero-order valence-electron chi connectivity index (χ0n) is 9.22. The van der Waals surface area contributed by atoms with E-state index >= 15 is 0 Å². The molecule has 2 aromatic carbocycles. The normalized spacial score (nSPS) is 10.1. The third-order valence-electron chi connectivity index (χ3n) is 2.37. The van der Waals surface area contributed by atoms with Gasteiger partial charge in [0, 0.05) is 0 Å². The Kier molecular flexibility index (Phi) is 3.39. The molecular weight excluding hydrogens is 254 g/mol. The SMILES string of the molecule is O=C(Nc1ccccc1Cl)c1c(O)cccc1O. The molecule has 0 unspecified atom stereocenters. The Bertz CT molecular complexity index is 578. The molecule has 4 nitrogen and oxygen atoms in total. The number of hydrogen-bond acceptors (Lipinski definition) is 3. The Morgan fingerprint density at radius 2 is 1.61 bits per heavy atom. The van der Waals surface area contributed by atoms with E-state index in [1.807, 2.05) is 0 Å². The quantitative estimate of drug-likeness (QED) is 0.780. The fourth-order valence-corrected chi connectivity index (χ4v) is 1.69. The Balaban J connectivity index is 2.31. The van der Waals surface area contributed by atoms with E-state index < -0.39 is 5.91 Å². The summed E-state index contributed by atoms with van der Waals surface area (Å²) >= 11 is 5.90. The van der Waals surface area contributed by atoms with Gasteiger partial charge in [0.1, 0.15) is 17.1 Å². The molecule has 0 aliphatic carbocycles.